The molecule has 4 heterocycles. The van der Waals surface area contributed by atoms with E-state index in [2.05, 4.69) is 15.3 Å². The van der Waals surface area contributed by atoms with E-state index in [-0.39, 0.29) is 27.6 Å². The van der Waals surface area contributed by atoms with E-state index in [9.17, 15) is 14.7 Å². The number of carbonyl (C=O) groups excluding carboxylic acids is 1. The number of pyridine rings is 2. The number of nitrogens with zero attached hydrogens (tertiary/aromatic N) is 2. The molecule has 0 spiro atoms. The zero-order valence-electron chi connectivity index (χ0n) is 21.0. The molecule has 1 atom stereocenters. The molecule has 8 nitrogen and oxygen atoms in total. The molecule has 0 aliphatic carbocycles. The number of hydrogen-bond acceptors (Lipinski definition) is 6. The number of rotatable bonds is 7. The van der Waals surface area contributed by atoms with Gasteiger partial charge in [-0.2, -0.15) is 0 Å². The molecule has 10 heteroatoms. The molecule has 4 aromatic rings. The van der Waals surface area contributed by atoms with Crippen LogP contribution < -0.4 is 15.6 Å². The number of aromatic nitrogens is 3. The van der Waals surface area contributed by atoms with Gasteiger partial charge in [-0.15, -0.1) is 11.3 Å². The Morgan fingerprint density at radius 2 is 2.06 bits per heavy atom. The summed E-state index contributed by atoms with van der Waals surface area (Å²) in [7, 11) is 1.60. The normalized spacial score (nSPS) is 12.7. The number of ether oxygens (including phenoxy) is 1. The number of H-pyrrole nitrogens is 1. The molecular formula is C26H29FN4O4S. The lowest BCUT2D eigenvalue weighted by molar-refractivity contribution is -0.00260. The van der Waals surface area contributed by atoms with Gasteiger partial charge in [-0.1, -0.05) is 0 Å². The number of nitrogens with one attached hydrogen (secondary N) is 2. The van der Waals surface area contributed by atoms with Crippen LogP contribution in [0.2, 0.25) is 0 Å². The van der Waals surface area contributed by atoms with Gasteiger partial charge in [0.15, 0.2) is 6.17 Å². The van der Waals surface area contributed by atoms with Crippen molar-refractivity contribution in [2.24, 2.45) is 7.05 Å². The summed E-state index contributed by atoms with van der Waals surface area (Å²) < 4.78 is 22.8. The molecule has 0 bridgehead atoms. The molecule has 0 saturated carbocycles. The molecule has 0 saturated heterocycles. The van der Waals surface area contributed by atoms with E-state index in [1.807, 2.05) is 19.9 Å². The van der Waals surface area contributed by atoms with Crippen LogP contribution in [0.3, 0.4) is 0 Å². The summed E-state index contributed by atoms with van der Waals surface area (Å²) >= 11 is 1.12. The average Bonchev–Trinajstić information content (AvgIpc) is 3.42. The van der Waals surface area contributed by atoms with E-state index in [4.69, 9.17) is 4.74 Å². The Morgan fingerprint density at radius 3 is 2.69 bits per heavy atom. The van der Waals surface area contributed by atoms with Crippen molar-refractivity contribution in [3.8, 4) is 22.1 Å². The standard InChI is InChI=1S/C26H29FN4O4S/c1-7-28-23(32)17-9-15-16(12-31(6)25(33)20(15)30-17)21-18(10-19(36-21)22(27)26(4,5)34)35-24-14(3)8-13(2)11-29-24/h8-12,22,30,34H,7H2,1-6H3,(H,28,32). The molecule has 190 valence electrons. The van der Waals surface area contributed by atoms with E-state index in [1.54, 1.807) is 38.5 Å². The maximum atomic E-state index is 15.2. The van der Waals surface area contributed by atoms with Crippen molar-refractivity contribution >= 4 is 28.1 Å². The predicted molar refractivity (Wildman–Crippen MR) is 139 cm³/mol. The van der Waals surface area contributed by atoms with E-state index < -0.39 is 11.8 Å². The van der Waals surface area contributed by atoms with Gasteiger partial charge in [-0.25, -0.2) is 9.37 Å². The van der Waals surface area contributed by atoms with Crippen LogP contribution in [0.25, 0.3) is 21.3 Å². The highest BCUT2D eigenvalue weighted by Crippen LogP contribution is 2.47. The predicted octanol–water partition coefficient (Wildman–Crippen LogP) is 4.93. The number of aromatic amines is 1. The molecule has 36 heavy (non-hydrogen) atoms. The van der Waals surface area contributed by atoms with Crippen molar-refractivity contribution < 1.29 is 19.0 Å². The van der Waals surface area contributed by atoms with Gasteiger partial charge in [0, 0.05) is 47.4 Å². The van der Waals surface area contributed by atoms with Crippen LogP contribution in [0.4, 0.5) is 4.39 Å². The zero-order valence-corrected chi connectivity index (χ0v) is 21.8. The second-order valence-electron chi connectivity index (χ2n) is 9.39. The molecule has 4 aromatic heterocycles. The summed E-state index contributed by atoms with van der Waals surface area (Å²) in [6.07, 6.45) is 1.64. The lowest BCUT2D eigenvalue weighted by Crippen LogP contribution is -2.25. The number of fused-ring (bicyclic) bond motifs is 1. The molecule has 0 radical (unpaired) electrons. The quantitative estimate of drug-likeness (QED) is 0.325. The first-order valence-corrected chi connectivity index (χ1v) is 12.3. The van der Waals surface area contributed by atoms with Crippen LogP contribution >= 0.6 is 11.3 Å². The lowest BCUT2D eigenvalue weighted by Gasteiger charge is -2.20. The minimum atomic E-state index is -1.68. The summed E-state index contributed by atoms with van der Waals surface area (Å²) in [4.78, 5) is 33.5. The largest absolute Gasteiger partial charge is 0.437 e. The Bertz CT molecular complexity index is 1510. The summed E-state index contributed by atoms with van der Waals surface area (Å²) in [5, 5.41) is 13.5. The van der Waals surface area contributed by atoms with Gasteiger partial charge < -0.3 is 24.7 Å². The van der Waals surface area contributed by atoms with Crippen molar-refractivity contribution in [2.75, 3.05) is 6.54 Å². The van der Waals surface area contributed by atoms with Crippen LogP contribution in [0.5, 0.6) is 11.6 Å². The first-order valence-electron chi connectivity index (χ1n) is 11.5. The third kappa shape index (κ3) is 4.78. The molecule has 0 aliphatic heterocycles. The number of halogens is 1. The second-order valence-corrected chi connectivity index (χ2v) is 10.5. The second kappa shape index (κ2) is 9.51. The Kier molecular flexibility index (Phi) is 6.76. The van der Waals surface area contributed by atoms with Gasteiger partial charge in [-0.3, -0.25) is 9.59 Å². The maximum Gasteiger partial charge on any atom is 0.274 e. The first-order chi connectivity index (χ1) is 16.9. The molecule has 0 fully saturated rings. The highest BCUT2D eigenvalue weighted by molar-refractivity contribution is 7.16. The van der Waals surface area contributed by atoms with Gasteiger partial charge in [0.1, 0.15) is 17.0 Å². The average molecular weight is 513 g/mol. The molecular weight excluding hydrogens is 483 g/mol. The third-order valence-electron chi connectivity index (χ3n) is 5.75. The van der Waals surface area contributed by atoms with E-state index in [0.717, 1.165) is 22.5 Å². The number of aryl methyl sites for hydroxylation is 3. The van der Waals surface area contributed by atoms with Gasteiger partial charge in [0.2, 0.25) is 5.88 Å². The van der Waals surface area contributed by atoms with Crippen LogP contribution in [-0.2, 0) is 7.05 Å². The molecule has 0 aromatic carbocycles. The fraction of sp³-hybridized carbons (Fsp3) is 0.346. The first kappa shape index (κ1) is 25.6. The Hall–Kier alpha value is -3.50. The van der Waals surface area contributed by atoms with Crippen molar-refractivity contribution in [2.45, 2.75) is 46.4 Å². The molecule has 1 amide bonds. The number of hydrogen-bond donors (Lipinski definition) is 3. The van der Waals surface area contributed by atoms with Gasteiger partial charge >= 0.3 is 0 Å². The molecule has 1 unspecified atom stereocenters. The number of alkyl halides is 1. The van der Waals surface area contributed by atoms with Gasteiger partial charge in [0.25, 0.3) is 11.5 Å². The Labute approximate surface area is 211 Å². The number of thiophene rings is 1. The van der Waals surface area contributed by atoms with Crippen molar-refractivity contribution in [1.29, 1.82) is 0 Å². The SMILES string of the molecule is CCNC(=O)c1cc2c(-c3sc(C(F)C(C)(C)O)cc3Oc3ncc(C)cc3C)cn(C)c(=O)c2[nH]1. The van der Waals surface area contributed by atoms with E-state index >= 15 is 4.39 Å². The van der Waals surface area contributed by atoms with Crippen molar-refractivity contribution in [3.63, 3.8) is 0 Å². The minimum absolute atomic E-state index is 0.242. The molecule has 0 aliphatic rings. The van der Waals surface area contributed by atoms with Crippen molar-refractivity contribution in [1.82, 2.24) is 19.9 Å². The van der Waals surface area contributed by atoms with Crippen LogP contribution in [0.1, 0.15) is 53.4 Å². The highest BCUT2D eigenvalue weighted by Gasteiger charge is 2.32. The maximum absolute atomic E-state index is 15.2. The monoisotopic (exact) mass is 512 g/mol. The third-order valence-corrected chi connectivity index (χ3v) is 6.94. The summed E-state index contributed by atoms with van der Waals surface area (Å²) in [5.41, 5.74) is 0.932. The number of aliphatic hydroxyl groups is 1. The Morgan fingerprint density at radius 1 is 1.33 bits per heavy atom. The minimum Gasteiger partial charge on any atom is -0.437 e. The summed E-state index contributed by atoms with van der Waals surface area (Å²) in [5.74, 6) is 0.362. The topological polar surface area (TPSA) is 109 Å². The Balaban J connectivity index is 1.95. The lowest BCUT2D eigenvalue weighted by atomic mass is 10.0. The summed E-state index contributed by atoms with van der Waals surface area (Å²) in [6.45, 7) is 8.83. The zero-order chi connectivity index (χ0) is 26.4. The van der Waals surface area contributed by atoms with Gasteiger partial charge in [0.05, 0.1) is 10.5 Å². The number of amides is 1. The van der Waals surface area contributed by atoms with E-state index in [1.165, 1.54) is 18.4 Å². The van der Waals surface area contributed by atoms with Crippen LogP contribution in [0.15, 0.2) is 35.4 Å². The van der Waals surface area contributed by atoms with E-state index in [0.29, 0.717) is 34.0 Å². The van der Waals surface area contributed by atoms with Crippen LogP contribution in [0, 0.1) is 13.8 Å². The van der Waals surface area contributed by atoms with Gasteiger partial charge in [-0.05, 0) is 58.4 Å². The molecule has 3 N–H and O–H groups in total. The fourth-order valence-corrected chi connectivity index (χ4v) is 5.20. The smallest absolute Gasteiger partial charge is 0.274 e. The fourth-order valence-electron chi connectivity index (χ4n) is 3.94. The highest BCUT2D eigenvalue weighted by atomic mass is 32.1. The van der Waals surface area contributed by atoms with Crippen LogP contribution in [-0.4, -0.2) is 37.7 Å². The van der Waals surface area contributed by atoms with Crippen molar-refractivity contribution in [3.05, 3.63) is 62.6 Å². The summed E-state index contributed by atoms with van der Waals surface area (Å²) in [6, 6.07) is 5.09. The molecule has 4 rings (SSSR count). The number of carbonyl (C=O) groups is 1.